The summed E-state index contributed by atoms with van der Waals surface area (Å²) in [5.74, 6) is 1.15. The number of aromatic nitrogens is 4. The lowest BCUT2D eigenvalue weighted by Gasteiger charge is -2.13. The van der Waals surface area contributed by atoms with Crippen molar-refractivity contribution in [2.45, 2.75) is 26.8 Å². The van der Waals surface area contributed by atoms with Crippen molar-refractivity contribution in [1.82, 2.24) is 20.2 Å². The summed E-state index contributed by atoms with van der Waals surface area (Å²) in [5.41, 5.74) is 1.92. The highest BCUT2D eigenvalue weighted by atomic mass is 16.5. The molecule has 6 heteroatoms. The topological polar surface area (TPSA) is 75.7 Å². The van der Waals surface area contributed by atoms with Gasteiger partial charge in [-0.25, -0.2) is 4.98 Å². The molecule has 0 amide bonds. The highest BCUT2D eigenvalue weighted by Crippen LogP contribution is 2.18. The molecule has 96 valence electrons. The van der Waals surface area contributed by atoms with Crippen molar-refractivity contribution in [2.24, 2.45) is 0 Å². The molecule has 0 radical (unpaired) electrons. The van der Waals surface area contributed by atoms with Crippen LogP contribution in [0.15, 0.2) is 18.5 Å². The fraction of sp³-hybridized carbons (Fsp3) is 0.417. The monoisotopic (exact) mass is 247 g/mol. The van der Waals surface area contributed by atoms with Crippen molar-refractivity contribution in [3.8, 4) is 5.88 Å². The molecule has 0 aromatic carbocycles. The minimum absolute atomic E-state index is 0.0834. The smallest absolute Gasteiger partial charge is 0.226 e. The van der Waals surface area contributed by atoms with Gasteiger partial charge in [0.05, 0.1) is 18.8 Å². The summed E-state index contributed by atoms with van der Waals surface area (Å²) < 4.78 is 5.39. The van der Waals surface area contributed by atoms with Crippen LogP contribution < -0.4 is 10.1 Å². The van der Waals surface area contributed by atoms with E-state index in [1.54, 1.807) is 6.20 Å². The van der Waals surface area contributed by atoms with Gasteiger partial charge in [-0.05, 0) is 20.8 Å². The standard InChI is InChI=1S/C12H17N5O/c1-4-18-11-5-8(2)15-12(17-11)16-9(3)10-6-13-14-7-10/h5-7,9H,4H2,1-3H3,(H,13,14)(H,15,16,17). The van der Waals surface area contributed by atoms with E-state index in [0.717, 1.165) is 11.3 Å². The van der Waals surface area contributed by atoms with Gasteiger partial charge >= 0.3 is 0 Å². The zero-order valence-electron chi connectivity index (χ0n) is 10.8. The van der Waals surface area contributed by atoms with Gasteiger partial charge in [0.15, 0.2) is 0 Å². The van der Waals surface area contributed by atoms with E-state index >= 15 is 0 Å². The van der Waals surface area contributed by atoms with Gasteiger partial charge in [-0.3, -0.25) is 5.10 Å². The Hall–Kier alpha value is -2.11. The molecule has 0 fully saturated rings. The Kier molecular flexibility index (Phi) is 3.76. The number of nitrogens with zero attached hydrogens (tertiary/aromatic N) is 3. The predicted octanol–water partition coefficient (Wildman–Crippen LogP) is 2.08. The molecule has 0 saturated heterocycles. The van der Waals surface area contributed by atoms with E-state index in [0.29, 0.717) is 18.4 Å². The normalized spacial score (nSPS) is 12.2. The Labute approximate surface area is 106 Å². The Balaban J connectivity index is 2.13. The molecule has 1 atom stereocenters. The molecule has 0 aliphatic heterocycles. The third-order valence-corrected chi connectivity index (χ3v) is 2.49. The molecule has 0 aliphatic carbocycles. The van der Waals surface area contributed by atoms with Gasteiger partial charge in [0.2, 0.25) is 11.8 Å². The van der Waals surface area contributed by atoms with Crippen LogP contribution in [0.1, 0.15) is 31.1 Å². The highest BCUT2D eigenvalue weighted by molar-refractivity contribution is 5.33. The molecule has 2 aromatic heterocycles. The van der Waals surface area contributed by atoms with Crippen LogP contribution in [0, 0.1) is 6.92 Å². The van der Waals surface area contributed by atoms with Crippen LogP contribution in [0.2, 0.25) is 0 Å². The van der Waals surface area contributed by atoms with Crippen LogP contribution in [-0.2, 0) is 0 Å². The van der Waals surface area contributed by atoms with Crippen LogP contribution >= 0.6 is 0 Å². The number of aryl methyl sites for hydroxylation is 1. The maximum Gasteiger partial charge on any atom is 0.226 e. The molecule has 0 aliphatic rings. The third kappa shape index (κ3) is 2.97. The average Bonchev–Trinajstić information content (AvgIpc) is 2.81. The van der Waals surface area contributed by atoms with Crippen LogP contribution in [0.4, 0.5) is 5.95 Å². The Bertz CT molecular complexity index is 497. The van der Waals surface area contributed by atoms with Crippen molar-refractivity contribution in [1.29, 1.82) is 0 Å². The number of hydrogen-bond donors (Lipinski definition) is 2. The second kappa shape index (κ2) is 5.48. The molecule has 2 N–H and O–H groups in total. The Morgan fingerprint density at radius 1 is 1.44 bits per heavy atom. The van der Waals surface area contributed by atoms with Gasteiger partial charge in [0.25, 0.3) is 0 Å². The first-order valence-electron chi connectivity index (χ1n) is 5.92. The van der Waals surface area contributed by atoms with Crippen LogP contribution in [0.5, 0.6) is 5.88 Å². The van der Waals surface area contributed by atoms with E-state index in [1.807, 2.05) is 33.0 Å². The fourth-order valence-electron chi connectivity index (χ4n) is 1.60. The summed E-state index contributed by atoms with van der Waals surface area (Å²) in [7, 11) is 0. The zero-order valence-corrected chi connectivity index (χ0v) is 10.8. The molecule has 0 bridgehead atoms. The van der Waals surface area contributed by atoms with Gasteiger partial charge in [0.1, 0.15) is 0 Å². The minimum atomic E-state index is 0.0834. The highest BCUT2D eigenvalue weighted by Gasteiger charge is 2.09. The van der Waals surface area contributed by atoms with Gasteiger partial charge in [-0.2, -0.15) is 10.1 Å². The minimum Gasteiger partial charge on any atom is -0.478 e. The van der Waals surface area contributed by atoms with Crippen molar-refractivity contribution < 1.29 is 4.74 Å². The number of H-pyrrole nitrogens is 1. The van der Waals surface area contributed by atoms with E-state index in [2.05, 4.69) is 25.5 Å². The molecule has 1 unspecified atom stereocenters. The summed E-state index contributed by atoms with van der Waals surface area (Å²) in [6.07, 6.45) is 3.62. The number of rotatable bonds is 5. The molecular formula is C12H17N5O. The summed E-state index contributed by atoms with van der Waals surface area (Å²) in [6.45, 7) is 6.46. The SMILES string of the molecule is CCOc1cc(C)nc(NC(C)c2cn[nH]c2)n1. The average molecular weight is 247 g/mol. The quantitative estimate of drug-likeness (QED) is 0.846. The van der Waals surface area contributed by atoms with E-state index in [9.17, 15) is 0 Å². The van der Waals surface area contributed by atoms with E-state index in [4.69, 9.17) is 4.74 Å². The van der Waals surface area contributed by atoms with Crippen LogP contribution in [0.25, 0.3) is 0 Å². The van der Waals surface area contributed by atoms with Crippen molar-refractivity contribution in [3.05, 3.63) is 29.7 Å². The summed E-state index contributed by atoms with van der Waals surface area (Å²) in [4.78, 5) is 8.63. The zero-order chi connectivity index (χ0) is 13.0. The van der Waals surface area contributed by atoms with Gasteiger partial charge in [0, 0.05) is 23.5 Å². The molecule has 6 nitrogen and oxygen atoms in total. The summed E-state index contributed by atoms with van der Waals surface area (Å²) >= 11 is 0. The van der Waals surface area contributed by atoms with E-state index in [-0.39, 0.29) is 6.04 Å². The number of aromatic amines is 1. The van der Waals surface area contributed by atoms with Crippen molar-refractivity contribution in [3.63, 3.8) is 0 Å². The first-order valence-corrected chi connectivity index (χ1v) is 5.92. The lowest BCUT2D eigenvalue weighted by molar-refractivity contribution is 0.326. The largest absolute Gasteiger partial charge is 0.478 e. The van der Waals surface area contributed by atoms with Crippen LogP contribution in [0.3, 0.4) is 0 Å². The first-order chi connectivity index (χ1) is 8.69. The Morgan fingerprint density at radius 3 is 2.94 bits per heavy atom. The second-order valence-corrected chi connectivity index (χ2v) is 4.00. The third-order valence-electron chi connectivity index (χ3n) is 2.49. The molecule has 2 aromatic rings. The van der Waals surface area contributed by atoms with Crippen LogP contribution in [-0.4, -0.2) is 26.8 Å². The molecular weight excluding hydrogens is 230 g/mol. The molecule has 2 heterocycles. The Morgan fingerprint density at radius 2 is 2.28 bits per heavy atom. The second-order valence-electron chi connectivity index (χ2n) is 4.00. The number of ether oxygens (including phenoxy) is 1. The summed E-state index contributed by atoms with van der Waals surface area (Å²) in [6, 6.07) is 1.90. The van der Waals surface area contributed by atoms with Gasteiger partial charge < -0.3 is 10.1 Å². The van der Waals surface area contributed by atoms with E-state index < -0.39 is 0 Å². The molecule has 0 spiro atoms. The maximum atomic E-state index is 5.39. The molecule has 18 heavy (non-hydrogen) atoms. The molecule has 0 saturated carbocycles. The van der Waals surface area contributed by atoms with E-state index in [1.165, 1.54) is 0 Å². The molecule has 2 rings (SSSR count). The van der Waals surface area contributed by atoms with Gasteiger partial charge in [-0.1, -0.05) is 0 Å². The lowest BCUT2D eigenvalue weighted by atomic mass is 10.2. The maximum absolute atomic E-state index is 5.39. The van der Waals surface area contributed by atoms with Crippen molar-refractivity contribution >= 4 is 5.95 Å². The van der Waals surface area contributed by atoms with Gasteiger partial charge in [-0.15, -0.1) is 0 Å². The number of anilines is 1. The predicted molar refractivity (Wildman–Crippen MR) is 68.6 cm³/mol. The lowest BCUT2D eigenvalue weighted by Crippen LogP contribution is -2.10. The fourth-order valence-corrected chi connectivity index (χ4v) is 1.60. The first kappa shape index (κ1) is 12.3. The summed E-state index contributed by atoms with van der Waals surface area (Å²) in [5, 5.41) is 9.92. The number of nitrogens with one attached hydrogen (secondary N) is 2. The van der Waals surface area contributed by atoms with Crippen molar-refractivity contribution in [2.75, 3.05) is 11.9 Å². The number of hydrogen-bond acceptors (Lipinski definition) is 5.